The summed E-state index contributed by atoms with van der Waals surface area (Å²) >= 11 is 0. The van der Waals surface area contributed by atoms with Crippen LogP contribution in [0.4, 0.5) is 0 Å². The topological polar surface area (TPSA) is 78.7 Å². The van der Waals surface area contributed by atoms with E-state index in [1.807, 2.05) is 43.3 Å². The zero-order chi connectivity index (χ0) is 17.2. The van der Waals surface area contributed by atoms with Gasteiger partial charge in [-0.1, -0.05) is 17.7 Å². The van der Waals surface area contributed by atoms with Crippen LogP contribution in [0.1, 0.15) is 21.7 Å². The molecule has 6 heteroatoms. The highest BCUT2D eigenvalue weighted by Crippen LogP contribution is 2.03. The van der Waals surface area contributed by atoms with E-state index in [9.17, 15) is 4.79 Å². The Morgan fingerprint density at radius 1 is 1.08 bits per heavy atom. The van der Waals surface area contributed by atoms with Crippen LogP contribution >= 0.6 is 0 Å². The van der Waals surface area contributed by atoms with Crippen molar-refractivity contribution in [1.29, 1.82) is 0 Å². The molecule has 0 unspecified atom stereocenters. The van der Waals surface area contributed by atoms with Crippen LogP contribution in [0.2, 0.25) is 0 Å². The summed E-state index contributed by atoms with van der Waals surface area (Å²) in [7, 11) is 1.72. The fourth-order valence-corrected chi connectivity index (χ4v) is 2.22. The standard InChI is InChI=1S/C18H24N4O2/c1-14-5-3-6-15(13-14)17(23)20-10-11-22-18(19-2)21-9-8-16-7-4-12-24-16/h3-7,12-13H,8-11H2,1-2H3,(H,20,23)(H2,19,21,22). The molecule has 0 spiro atoms. The number of guanidine groups is 1. The quantitative estimate of drug-likeness (QED) is 0.411. The van der Waals surface area contributed by atoms with Crippen molar-refractivity contribution in [1.82, 2.24) is 16.0 Å². The average Bonchev–Trinajstić information content (AvgIpc) is 3.10. The Bertz CT molecular complexity index is 665. The van der Waals surface area contributed by atoms with Crippen LogP contribution in [0, 0.1) is 6.92 Å². The molecule has 0 fully saturated rings. The summed E-state index contributed by atoms with van der Waals surface area (Å²) in [5.74, 6) is 1.57. The number of amides is 1. The third-order valence-corrected chi connectivity index (χ3v) is 3.45. The number of hydrogen-bond donors (Lipinski definition) is 3. The van der Waals surface area contributed by atoms with Gasteiger partial charge in [-0.3, -0.25) is 9.79 Å². The van der Waals surface area contributed by atoms with E-state index < -0.39 is 0 Å². The Labute approximate surface area is 142 Å². The predicted octanol–water partition coefficient (Wildman–Crippen LogP) is 1.73. The van der Waals surface area contributed by atoms with Crippen LogP contribution in [0.3, 0.4) is 0 Å². The van der Waals surface area contributed by atoms with Gasteiger partial charge in [0.2, 0.25) is 0 Å². The number of carbonyl (C=O) groups excluding carboxylic acids is 1. The van der Waals surface area contributed by atoms with Crippen molar-refractivity contribution >= 4 is 11.9 Å². The van der Waals surface area contributed by atoms with Crippen molar-refractivity contribution in [2.24, 2.45) is 4.99 Å². The number of nitrogens with one attached hydrogen (secondary N) is 3. The zero-order valence-corrected chi connectivity index (χ0v) is 14.1. The van der Waals surface area contributed by atoms with Crippen molar-refractivity contribution in [3.8, 4) is 0 Å². The van der Waals surface area contributed by atoms with E-state index in [0.717, 1.165) is 24.3 Å². The van der Waals surface area contributed by atoms with Crippen molar-refractivity contribution in [2.45, 2.75) is 13.3 Å². The first-order valence-electron chi connectivity index (χ1n) is 8.01. The molecule has 1 aromatic heterocycles. The predicted molar refractivity (Wildman–Crippen MR) is 95.3 cm³/mol. The van der Waals surface area contributed by atoms with Gasteiger partial charge in [-0.05, 0) is 31.2 Å². The molecular formula is C18H24N4O2. The monoisotopic (exact) mass is 328 g/mol. The highest BCUT2D eigenvalue weighted by atomic mass is 16.3. The van der Waals surface area contributed by atoms with Crippen LogP contribution in [-0.2, 0) is 6.42 Å². The van der Waals surface area contributed by atoms with Gasteiger partial charge in [0, 0.05) is 38.7 Å². The summed E-state index contributed by atoms with van der Waals surface area (Å²) in [6.07, 6.45) is 2.46. The fraction of sp³-hybridized carbons (Fsp3) is 0.333. The summed E-state index contributed by atoms with van der Waals surface area (Å²) in [4.78, 5) is 16.2. The van der Waals surface area contributed by atoms with Gasteiger partial charge < -0.3 is 20.4 Å². The SMILES string of the molecule is CN=C(NCCNC(=O)c1cccc(C)c1)NCCc1ccco1. The molecule has 24 heavy (non-hydrogen) atoms. The summed E-state index contributed by atoms with van der Waals surface area (Å²) in [5.41, 5.74) is 1.75. The lowest BCUT2D eigenvalue weighted by molar-refractivity contribution is 0.0954. The smallest absolute Gasteiger partial charge is 0.251 e. The summed E-state index contributed by atoms with van der Waals surface area (Å²) in [5, 5.41) is 9.25. The Morgan fingerprint density at radius 2 is 1.88 bits per heavy atom. The molecule has 2 rings (SSSR count). The molecular weight excluding hydrogens is 304 g/mol. The van der Waals surface area contributed by atoms with Gasteiger partial charge >= 0.3 is 0 Å². The lowest BCUT2D eigenvalue weighted by Crippen LogP contribution is -2.42. The molecule has 128 valence electrons. The molecule has 0 aliphatic carbocycles. The first-order valence-corrected chi connectivity index (χ1v) is 8.01. The molecule has 0 saturated heterocycles. The minimum atomic E-state index is -0.0683. The number of rotatable bonds is 7. The maximum absolute atomic E-state index is 12.0. The largest absolute Gasteiger partial charge is 0.469 e. The minimum Gasteiger partial charge on any atom is -0.469 e. The first kappa shape index (κ1) is 17.6. The molecule has 1 aromatic carbocycles. The Hall–Kier alpha value is -2.76. The molecule has 1 heterocycles. The van der Waals surface area contributed by atoms with E-state index in [4.69, 9.17) is 4.42 Å². The van der Waals surface area contributed by atoms with Crippen molar-refractivity contribution in [3.05, 3.63) is 59.5 Å². The lowest BCUT2D eigenvalue weighted by Gasteiger charge is -2.12. The van der Waals surface area contributed by atoms with Gasteiger partial charge in [0.25, 0.3) is 5.91 Å². The van der Waals surface area contributed by atoms with Crippen molar-refractivity contribution in [2.75, 3.05) is 26.7 Å². The van der Waals surface area contributed by atoms with Gasteiger partial charge in [-0.25, -0.2) is 0 Å². The second kappa shape index (κ2) is 9.39. The van der Waals surface area contributed by atoms with E-state index >= 15 is 0 Å². The maximum atomic E-state index is 12.0. The van der Waals surface area contributed by atoms with E-state index in [0.29, 0.717) is 24.6 Å². The van der Waals surface area contributed by atoms with E-state index in [1.165, 1.54) is 0 Å². The molecule has 0 radical (unpaired) electrons. The number of carbonyl (C=O) groups is 1. The minimum absolute atomic E-state index is 0.0683. The van der Waals surface area contributed by atoms with Crippen molar-refractivity contribution < 1.29 is 9.21 Å². The number of aliphatic imine (C=N–C) groups is 1. The molecule has 6 nitrogen and oxygen atoms in total. The molecule has 1 amide bonds. The summed E-state index contributed by atoms with van der Waals surface area (Å²) < 4.78 is 5.28. The normalized spacial score (nSPS) is 11.2. The van der Waals surface area contributed by atoms with Crippen LogP contribution < -0.4 is 16.0 Å². The second-order valence-electron chi connectivity index (χ2n) is 5.38. The van der Waals surface area contributed by atoms with E-state index in [-0.39, 0.29) is 5.91 Å². The number of nitrogens with zero attached hydrogens (tertiary/aromatic N) is 1. The number of aryl methyl sites for hydroxylation is 1. The Kier molecular flexibility index (Phi) is 6.89. The van der Waals surface area contributed by atoms with Gasteiger partial charge in [-0.15, -0.1) is 0 Å². The second-order valence-corrected chi connectivity index (χ2v) is 5.38. The lowest BCUT2D eigenvalue weighted by atomic mass is 10.1. The third kappa shape index (κ3) is 5.79. The van der Waals surface area contributed by atoms with Gasteiger partial charge in [0.15, 0.2) is 5.96 Å². The van der Waals surface area contributed by atoms with E-state index in [2.05, 4.69) is 20.9 Å². The van der Waals surface area contributed by atoms with Crippen LogP contribution in [0.5, 0.6) is 0 Å². The van der Waals surface area contributed by atoms with Crippen LogP contribution in [0.25, 0.3) is 0 Å². The molecule has 3 N–H and O–H groups in total. The van der Waals surface area contributed by atoms with Crippen molar-refractivity contribution in [3.63, 3.8) is 0 Å². The highest BCUT2D eigenvalue weighted by molar-refractivity contribution is 5.94. The molecule has 0 aliphatic heterocycles. The van der Waals surface area contributed by atoms with Crippen LogP contribution in [0.15, 0.2) is 52.1 Å². The maximum Gasteiger partial charge on any atom is 0.251 e. The number of hydrogen-bond acceptors (Lipinski definition) is 3. The van der Waals surface area contributed by atoms with E-state index in [1.54, 1.807) is 13.3 Å². The number of furan rings is 1. The number of benzene rings is 1. The molecule has 0 aliphatic rings. The molecule has 2 aromatic rings. The molecule has 0 atom stereocenters. The Balaban J connectivity index is 1.64. The first-order chi connectivity index (χ1) is 11.7. The fourth-order valence-electron chi connectivity index (χ4n) is 2.22. The summed E-state index contributed by atoms with van der Waals surface area (Å²) in [6.45, 7) is 3.81. The average molecular weight is 328 g/mol. The Morgan fingerprint density at radius 3 is 2.58 bits per heavy atom. The molecule has 0 saturated carbocycles. The third-order valence-electron chi connectivity index (χ3n) is 3.45. The molecule has 0 bridgehead atoms. The summed E-state index contributed by atoms with van der Waals surface area (Å²) in [6, 6.07) is 11.4. The van der Waals surface area contributed by atoms with Gasteiger partial charge in [-0.2, -0.15) is 0 Å². The zero-order valence-electron chi connectivity index (χ0n) is 14.1. The van der Waals surface area contributed by atoms with Gasteiger partial charge in [0.1, 0.15) is 5.76 Å². The van der Waals surface area contributed by atoms with Crippen LogP contribution in [-0.4, -0.2) is 38.5 Å². The van der Waals surface area contributed by atoms with Gasteiger partial charge in [0.05, 0.1) is 6.26 Å². The highest BCUT2D eigenvalue weighted by Gasteiger charge is 2.04.